The molecule has 0 bridgehead atoms. The third kappa shape index (κ3) is 2.20. The molecule has 1 aromatic heterocycles. The lowest BCUT2D eigenvalue weighted by Crippen LogP contribution is -2.06. The number of aromatic amines is 1. The molecule has 0 radical (unpaired) electrons. The molecule has 2 aromatic rings. The molecule has 0 unspecified atom stereocenters. The number of aromatic carboxylic acids is 1. The van der Waals surface area contributed by atoms with Crippen LogP contribution in [0.5, 0.6) is 0 Å². The van der Waals surface area contributed by atoms with Crippen LogP contribution in [0.15, 0.2) is 29.1 Å². The topological polar surface area (TPSA) is 70.2 Å². The Hall–Kier alpha value is -2.10. The van der Waals surface area contributed by atoms with Gasteiger partial charge in [0.25, 0.3) is 0 Å². The number of hydrogen-bond donors (Lipinski definition) is 2. The molecule has 4 heteroatoms. The Balaban J connectivity index is 2.76. The lowest BCUT2D eigenvalue weighted by Gasteiger charge is -2.07. The maximum Gasteiger partial charge on any atom is 0.335 e. The summed E-state index contributed by atoms with van der Waals surface area (Å²) in [6.45, 7) is 2.01. The van der Waals surface area contributed by atoms with Gasteiger partial charge in [-0.05, 0) is 35.6 Å². The molecular weight excluding hydrogens is 218 g/mol. The molecule has 0 aliphatic carbocycles. The minimum absolute atomic E-state index is 0.169. The van der Waals surface area contributed by atoms with Crippen LogP contribution in [0, 0.1) is 0 Å². The van der Waals surface area contributed by atoms with E-state index in [2.05, 4.69) is 4.98 Å². The Morgan fingerprint density at radius 2 is 2.12 bits per heavy atom. The Bertz CT molecular complexity index is 628. The monoisotopic (exact) mass is 231 g/mol. The van der Waals surface area contributed by atoms with Crippen LogP contribution in [0.2, 0.25) is 0 Å². The van der Waals surface area contributed by atoms with Crippen molar-refractivity contribution in [2.75, 3.05) is 0 Å². The number of aromatic nitrogens is 1. The first kappa shape index (κ1) is 11.4. The maximum atomic E-state index is 11.3. The summed E-state index contributed by atoms with van der Waals surface area (Å²) < 4.78 is 0. The molecule has 0 aliphatic rings. The number of carboxylic acid groups (broad SMARTS) is 1. The van der Waals surface area contributed by atoms with Gasteiger partial charge in [-0.3, -0.25) is 4.79 Å². The van der Waals surface area contributed by atoms with E-state index in [1.165, 1.54) is 6.07 Å². The van der Waals surface area contributed by atoms with E-state index in [9.17, 15) is 9.59 Å². The number of nitrogens with one attached hydrogen (secondary N) is 1. The molecule has 0 fully saturated rings. The highest BCUT2D eigenvalue weighted by molar-refractivity contribution is 5.94. The van der Waals surface area contributed by atoms with Gasteiger partial charge in [0, 0.05) is 6.07 Å². The number of hydrogen-bond acceptors (Lipinski definition) is 2. The summed E-state index contributed by atoms with van der Waals surface area (Å²) in [5.74, 6) is -0.949. The normalized spacial score (nSPS) is 10.6. The van der Waals surface area contributed by atoms with Crippen molar-refractivity contribution in [3.05, 3.63) is 45.7 Å². The minimum atomic E-state index is -0.949. The lowest BCUT2D eigenvalue weighted by atomic mass is 10.0. The van der Waals surface area contributed by atoms with E-state index in [-0.39, 0.29) is 11.1 Å². The van der Waals surface area contributed by atoms with Gasteiger partial charge in [-0.15, -0.1) is 0 Å². The molecule has 1 aromatic carbocycles. The number of carboxylic acids is 1. The largest absolute Gasteiger partial charge is 0.478 e. The number of fused-ring (bicyclic) bond motifs is 1. The van der Waals surface area contributed by atoms with E-state index in [0.29, 0.717) is 0 Å². The Labute approximate surface area is 97.9 Å². The molecule has 0 aliphatic heterocycles. The number of aryl methyl sites for hydroxylation is 1. The van der Waals surface area contributed by atoms with Crippen molar-refractivity contribution < 1.29 is 9.90 Å². The Kier molecular flexibility index (Phi) is 2.95. The molecule has 0 atom stereocenters. The third-order valence-electron chi connectivity index (χ3n) is 2.68. The molecule has 0 amide bonds. The van der Waals surface area contributed by atoms with Gasteiger partial charge in [-0.25, -0.2) is 4.79 Å². The predicted octanol–water partition coefficient (Wildman–Crippen LogP) is 2.18. The van der Waals surface area contributed by atoms with Crippen LogP contribution in [-0.4, -0.2) is 16.1 Å². The van der Waals surface area contributed by atoms with E-state index in [4.69, 9.17) is 5.11 Å². The smallest absolute Gasteiger partial charge is 0.335 e. The van der Waals surface area contributed by atoms with Gasteiger partial charge in [-0.1, -0.05) is 13.3 Å². The zero-order valence-electron chi connectivity index (χ0n) is 9.49. The highest BCUT2D eigenvalue weighted by atomic mass is 16.4. The van der Waals surface area contributed by atoms with Crippen LogP contribution in [0.3, 0.4) is 0 Å². The molecule has 4 nitrogen and oxygen atoms in total. The van der Waals surface area contributed by atoms with E-state index in [1.807, 2.05) is 6.92 Å². The minimum Gasteiger partial charge on any atom is -0.478 e. The fourth-order valence-electron chi connectivity index (χ4n) is 1.93. The van der Waals surface area contributed by atoms with Crippen LogP contribution < -0.4 is 5.56 Å². The van der Waals surface area contributed by atoms with Crippen LogP contribution in [0.25, 0.3) is 10.9 Å². The summed E-state index contributed by atoms with van der Waals surface area (Å²) in [6.07, 6.45) is 1.65. The number of H-pyrrole nitrogens is 1. The van der Waals surface area contributed by atoms with Crippen molar-refractivity contribution in [2.24, 2.45) is 0 Å². The molecule has 88 valence electrons. The fraction of sp³-hybridized carbons (Fsp3) is 0.231. The van der Waals surface area contributed by atoms with Crippen molar-refractivity contribution in [2.45, 2.75) is 19.8 Å². The first-order chi connectivity index (χ1) is 8.11. The van der Waals surface area contributed by atoms with Gasteiger partial charge in [-0.2, -0.15) is 0 Å². The maximum absolute atomic E-state index is 11.3. The van der Waals surface area contributed by atoms with Gasteiger partial charge in [0.1, 0.15) is 0 Å². The predicted molar refractivity (Wildman–Crippen MR) is 65.5 cm³/mol. The summed E-state index contributed by atoms with van der Waals surface area (Å²) in [6, 6.07) is 6.26. The fourth-order valence-corrected chi connectivity index (χ4v) is 1.93. The summed E-state index contributed by atoms with van der Waals surface area (Å²) in [5, 5.41) is 9.78. The van der Waals surface area contributed by atoms with Crippen molar-refractivity contribution in [1.29, 1.82) is 0 Å². The van der Waals surface area contributed by atoms with Gasteiger partial charge < -0.3 is 10.1 Å². The van der Waals surface area contributed by atoms with Crippen molar-refractivity contribution in [3.63, 3.8) is 0 Å². The number of pyridine rings is 1. The van der Waals surface area contributed by atoms with E-state index in [1.54, 1.807) is 18.2 Å². The van der Waals surface area contributed by atoms with Crippen LogP contribution in [0.1, 0.15) is 29.3 Å². The SMILES string of the molecule is CCCc1cc(C(=O)O)cc2ccc(=O)[nH]c12. The lowest BCUT2D eigenvalue weighted by molar-refractivity contribution is 0.0697. The standard InChI is InChI=1S/C13H13NO3/c1-2-3-8-6-10(13(16)17)7-9-4-5-11(15)14-12(8)9/h4-7H,2-3H2,1H3,(H,14,15)(H,16,17). The van der Waals surface area contributed by atoms with Crippen molar-refractivity contribution in [3.8, 4) is 0 Å². The number of benzene rings is 1. The van der Waals surface area contributed by atoms with Crippen molar-refractivity contribution in [1.82, 2.24) is 4.98 Å². The summed E-state index contributed by atoms with van der Waals surface area (Å²) in [7, 11) is 0. The first-order valence-corrected chi connectivity index (χ1v) is 5.51. The molecule has 2 rings (SSSR count). The highest BCUT2D eigenvalue weighted by Crippen LogP contribution is 2.19. The zero-order chi connectivity index (χ0) is 12.4. The molecule has 17 heavy (non-hydrogen) atoms. The summed E-state index contributed by atoms with van der Waals surface area (Å²) in [4.78, 5) is 25.0. The molecule has 1 heterocycles. The van der Waals surface area contributed by atoms with E-state index >= 15 is 0 Å². The van der Waals surface area contributed by atoms with Gasteiger partial charge in [0.05, 0.1) is 11.1 Å². The van der Waals surface area contributed by atoms with Crippen LogP contribution in [0.4, 0.5) is 0 Å². The summed E-state index contributed by atoms with van der Waals surface area (Å²) >= 11 is 0. The molecule has 0 spiro atoms. The van der Waals surface area contributed by atoms with Gasteiger partial charge in [0.2, 0.25) is 5.56 Å². The van der Waals surface area contributed by atoms with Gasteiger partial charge >= 0.3 is 5.97 Å². The zero-order valence-corrected chi connectivity index (χ0v) is 9.49. The second kappa shape index (κ2) is 4.41. The Morgan fingerprint density at radius 1 is 1.35 bits per heavy atom. The quantitative estimate of drug-likeness (QED) is 0.850. The second-order valence-electron chi connectivity index (χ2n) is 3.98. The number of rotatable bonds is 3. The molecular formula is C13H13NO3. The number of carbonyl (C=O) groups is 1. The second-order valence-corrected chi connectivity index (χ2v) is 3.98. The first-order valence-electron chi connectivity index (χ1n) is 5.51. The van der Waals surface area contributed by atoms with Crippen LogP contribution in [-0.2, 0) is 6.42 Å². The highest BCUT2D eigenvalue weighted by Gasteiger charge is 2.09. The Morgan fingerprint density at radius 3 is 2.76 bits per heavy atom. The third-order valence-corrected chi connectivity index (χ3v) is 2.68. The van der Waals surface area contributed by atoms with E-state index in [0.717, 1.165) is 29.3 Å². The molecule has 0 saturated heterocycles. The van der Waals surface area contributed by atoms with Crippen molar-refractivity contribution >= 4 is 16.9 Å². The van der Waals surface area contributed by atoms with E-state index < -0.39 is 5.97 Å². The molecule has 2 N–H and O–H groups in total. The van der Waals surface area contributed by atoms with Crippen LogP contribution >= 0.6 is 0 Å². The average Bonchev–Trinajstić information content (AvgIpc) is 2.29. The average molecular weight is 231 g/mol. The summed E-state index contributed by atoms with van der Waals surface area (Å²) in [5.41, 5.74) is 1.70. The molecule has 0 saturated carbocycles. The van der Waals surface area contributed by atoms with Gasteiger partial charge in [0.15, 0.2) is 0 Å².